The highest BCUT2D eigenvalue weighted by atomic mass is 32.2. The van der Waals surface area contributed by atoms with Gasteiger partial charge in [-0.3, -0.25) is 4.18 Å². The van der Waals surface area contributed by atoms with Crippen LogP contribution in [0.1, 0.15) is 24.8 Å². The third-order valence-corrected chi connectivity index (χ3v) is 3.85. The van der Waals surface area contributed by atoms with Crippen LogP contribution in [-0.2, 0) is 25.6 Å². The fourth-order valence-electron chi connectivity index (χ4n) is 2.34. The topological polar surface area (TPSA) is 81.7 Å². The predicted octanol–water partition coefficient (Wildman–Crippen LogP) is 1.81. The number of amides is 1. The van der Waals surface area contributed by atoms with Gasteiger partial charge in [0.25, 0.3) is 10.1 Å². The second-order valence-corrected chi connectivity index (χ2v) is 6.74. The first-order chi connectivity index (χ1) is 9.92. The minimum atomic E-state index is -3.45. The Morgan fingerprint density at radius 3 is 2.67 bits per heavy atom. The van der Waals surface area contributed by atoms with E-state index in [0.717, 1.165) is 11.8 Å². The molecule has 1 aliphatic carbocycles. The van der Waals surface area contributed by atoms with E-state index in [1.54, 1.807) is 0 Å². The summed E-state index contributed by atoms with van der Waals surface area (Å²) in [6.45, 7) is 0.211. The maximum absolute atomic E-state index is 11.7. The molecule has 1 aromatic rings. The van der Waals surface area contributed by atoms with Crippen molar-refractivity contribution in [2.24, 2.45) is 0 Å². The molecule has 0 aliphatic heterocycles. The highest BCUT2D eigenvalue weighted by Crippen LogP contribution is 2.23. The number of ether oxygens (including phenoxy) is 1. The average Bonchev–Trinajstić information content (AvgIpc) is 2.82. The highest BCUT2D eigenvalue weighted by molar-refractivity contribution is 7.86. The molecule has 2 unspecified atom stereocenters. The Balaban J connectivity index is 1.72. The predicted molar refractivity (Wildman–Crippen MR) is 77.1 cm³/mol. The van der Waals surface area contributed by atoms with E-state index in [2.05, 4.69) is 5.32 Å². The number of hydrogen-bond donors (Lipinski definition) is 1. The molecule has 7 heteroatoms. The van der Waals surface area contributed by atoms with E-state index in [9.17, 15) is 13.2 Å². The highest BCUT2D eigenvalue weighted by Gasteiger charge is 2.29. The number of benzene rings is 1. The summed E-state index contributed by atoms with van der Waals surface area (Å²) in [6, 6.07) is 9.28. The zero-order valence-electron chi connectivity index (χ0n) is 11.8. The smallest absolute Gasteiger partial charge is 0.407 e. The first-order valence-electron chi connectivity index (χ1n) is 6.78. The van der Waals surface area contributed by atoms with E-state index < -0.39 is 16.2 Å². The quantitative estimate of drug-likeness (QED) is 0.838. The minimum Gasteiger partial charge on any atom is -0.445 e. The van der Waals surface area contributed by atoms with Gasteiger partial charge in [0.1, 0.15) is 6.61 Å². The van der Waals surface area contributed by atoms with Crippen molar-refractivity contribution >= 4 is 16.2 Å². The Bertz CT molecular complexity index is 572. The second kappa shape index (κ2) is 6.91. The molecule has 0 saturated heterocycles. The van der Waals surface area contributed by atoms with Crippen molar-refractivity contribution in [1.82, 2.24) is 5.32 Å². The minimum absolute atomic E-state index is 0.111. The van der Waals surface area contributed by atoms with E-state index in [1.807, 2.05) is 30.3 Å². The van der Waals surface area contributed by atoms with Gasteiger partial charge >= 0.3 is 6.09 Å². The van der Waals surface area contributed by atoms with Crippen molar-refractivity contribution in [3.05, 3.63) is 35.9 Å². The summed E-state index contributed by atoms with van der Waals surface area (Å²) in [5.41, 5.74) is 0.914. The van der Waals surface area contributed by atoms with Gasteiger partial charge in [-0.25, -0.2) is 4.79 Å². The Kier molecular flexibility index (Phi) is 5.19. The van der Waals surface area contributed by atoms with Crippen LogP contribution in [-0.4, -0.2) is 32.9 Å². The number of rotatable bonds is 5. The molecule has 1 N–H and O–H groups in total. The molecule has 0 aromatic heterocycles. The third-order valence-electron chi connectivity index (χ3n) is 3.23. The molecule has 0 bridgehead atoms. The van der Waals surface area contributed by atoms with Gasteiger partial charge in [-0.05, 0) is 24.8 Å². The van der Waals surface area contributed by atoms with Crippen molar-refractivity contribution < 1.29 is 22.1 Å². The largest absolute Gasteiger partial charge is 0.445 e. The number of alkyl carbamates (subject to hydrolysis) is 1. The van der Waals surface area contributed by atoms with Crippen molar-refractivity contribution in [3.8, 4) is 0 Å². The van der Waals surface area contributed by atoms with Gasteiger partial charge in [-0.2, -0.15) is 8.42 Å². The van der Waals surface area contributed by atoms with Crippen molar-refractivity contribution in [2.75, 3.05) is 6.26 Å². The van der Waals surface area contributed by atoms with Gasteiger partial charge in [0.15, 0.2) is 0 Å². The molecule has 1 aliphatic rings. The molecule has 6 nitrogen and oxygen atoms in total. The molecule has 1 aromatic carbocycles. The SMILES string of the molecule is CS(=O)(=O)OC1CCC(NC(=O)OCc2ccccc2)C1. The van der Waals surface area contributed by atoms with Crippen LogP contribution in [0.3, 0.4) is 0 Å². The lowest BCUT2D eigenvalue weighted by atomic mass is 10.2. The monoisotopic (exact) mass is 313 g/mol. The third kappa shape index (κ3) is 5.73. The summed E-state index contributed by atoms with van der Waals surface area (Å²) in [4.78, 5) is 11.7. The molecule has 2 rings (SSSR count). The van der Waals surface area contributed by atoms with Gasteiger partial charge in [0.2, 0.25) is 0 Å². The van der Waals surface area contributed by atoms with E-state index in [-0.39, 0.29) is 18.8 Å². The molecule has 2 atom stereocenters. The molecular weight excluding hydrogens is 294 g/mol. The first-order valence-corrected chi connectivity index (χ1v) is 8.59. The lowest BCUT2D eigenvalue weighted by Crippen LogP contribution is -2.34. The molecule has 1 saturated carbocycles. The van der Waals surface area contributed by atoms with Gasteiger partial charge in [0.05, 0.1) is 12.4 Å². The Hall–Kier alpha value is -1.60. The lowest BCUT2D eigenvalue weighted by Gasteiger charge is -2.13. The normalized spacial score (nSPS) is 22.0. The van der Waals surface area contributed by atoms with Crippen LogP contribution in [0.15, 0.2) is 30.3 Å². The van der Waals surface area contributed by atoms with Gasteiger partial charge in [-0.1, -0.05) is 30.3 Å². The fraction of sp³-hybridized carbons (Fsp3) is 0.500. The molecule has 21 heavy (non-hydrogen) atoms. The maximum atomic E-state index is 11.7. The number of carbonyl (C=O) groups is 1. The molecule has 116 valence electrons. The molecular formula is C14H19NO5S. The van der Waals surface area contributed by atoms with E-state index in [4.69, 9.17) is 8.92 Å². The van der Waals surface area contributed by atoms with E-state index in [0.29, 0.717) is 19.3 Å². The summed E-state index contributed by atoms with van der Waals surface area (Å²) in [6.07, 6.45) is 1.94. The second-order valence-electron chi connectivity index (χ2n) is 5.14. The van der Waals surface area contributed by atoms with Crippen LogP contribution in [0, 0.1) is 0 Å². The molecule has 1 amide bonds. The molecule has 0 radical (unpaired) electrons. The summed E-state index contributed by atoms with van der Waals surface area (Å²) >= 11 is 0. The van der Waals surface area contributed by atoms with Crippen LogP contribution < -0.4 is 5.32 Å². The van der Waals surface area contributed by atoms with Crippen molar-refractivity contribution in [3.63, 3.8) is 0 Å². The fourth-order valence-corrected chi connectivity index (χ4v) is 3.01. The standard InChI is InChI=1S/C14H19NO5S/c1-21(17,18)20-13-8-7-12(9-13)15-14(16)19-10-11-5-3-2-4-6-11/h2-6,12-13H,7-10H2,1H3,(H,15,16). The molecule has 0 spiro atoms. The van der Waals surface area contributed by atoms with Crippen LogP contribution in [0.5, 0.6) is 0 Å². The summed E-state index contributed by atoms with van der Waals surface area (Å²) < 4.78 is 32.1. The molecule has 1 fully saturated rings. The Morgan fingerprint density at radius 2 is 2.00 bits per heavy atom. The summed E-state index contributed by atoms with van der Waals surface area (Å²) in [7, 11) is -3.45. The zero-order chi connectivity index (χ0) is 15.3. The zero-order valence-corrected chi connectivity index (χ0v) is 12.6. The van der Waals surface area contributed by atoms with Gasteiger partial charge < -0.3 is 10.1 Å². The molecule has 0 heterocycles. The number of carbonyl (C=O) groups excluding carboxylic acids is 1. The lowest BCUT2D eigenvalue weighted by molar-refractivity contribution is 0.135. The Labute approximate surface area is 124 Å². The van der Waals surface area contributed by atoms with Crippen LogP contribution in [0.25, 0.3) is 0 Å². The first kappa shape index (κ1) is 15.8. The van der Waals surface area contributed by atoms with Crippen molar-refractivity contribution in [2.45, 2.75) is 38.0 Å². The van der Waals surface area contributed by atoms with E-state index in [1.165, 1.54) is 0 Å². The van der Waals surface area contributed by atoms with Gasteiger partial charge in [0, 0.05) is 6.04 Å². The van der Waals surface area contributed by atoms with Crippen LogP contribution in [0.4, 0.5) is 4.79 Å². The Morgan fingerprint density at radius 1 is 1.29 bits per heavy atom. The summed E-state index contributed by atoms with van der Waals surface area (Å²) in [5.74, 6) is 0. The number of nitrogens with one attached hydrogen (secondary N) is 1. The maximum Gasteiger partial charge on any atom is 0.407 e. The van der Waals surface area contributed by atoms with Crippen LogP contribution >= 0.6 is 0 Å². The average molecular weight is 313 g/mol. The van der Waals surface area contributed by atoms with Crippen LogP contribution in [0.2, 0.25) is 0 Å². The van der Waals surface area contributed by atoms with Gasteiger partial charge in [-0.15, -0.1) is 0 Å². The van der Waals surface area contributed by atoms with E-state index >= 15 is 0 Å². The van der Waals surface area contributed by atoms with Crippen molar-refractivity contribution in [1.29, 1.82) is 0 Å². The number of hydrogen-bond acceptors (Lipinski definition) is 5. The summed E-state index contributed by atoms with van der Waals surface area (Å²) in [5, 5.41) is 2.73.